The Morgan fingerprint density at radius 2 is 2.11 bits per heavy atom. The molecule has 0 N–H and O–H groups in total. The molecule has 0 atom stereocenters. The Hall–Kier alpha value is 0.0200. The van der Waals surface area contributed by atoms with Crippen molar-refractivity contribution in [3.05, 3.63) is 0 Å². The molecule has 0 aromatic carbocycles. The summed E-state index contributed by atoms with van der Waals surface area (Å²) in [5.74, 6) is 1.00. The predicted octanol–water partition coefficient (Wildman–Crippen LogP) is 2.46. The summed E-state index contributed by atoms with van der Waals surface area (Å²) in [5.41, 5.74) is 0. The molecule has 9 heavy (non-hydrogen) atoms. The Kier molecular flexibility index (Phi) is 6.16. The second kappa shape index (κ2) is 6.14. The first-order valence-electron chi connectivity index (χ1n) is 3.40. The molecule has 54 valence electrons. The minimum atomic E-state index is 0.242. The number of thioether (sulfide) groups is 1. The Bertz CT molecular complexity index is 81.0. The second-order valence-electron chi connectivity index (χ2n) is 2.05. The Labute approximate surface area is 61.2 Å². The fourth-order valence-electron chi connectivity index (χ4n) is 0.568. The quantitative estimate of drug-likeness (QED) is 0.567. The lowest BCUT2D eigenvalue weighted by atomic mass is 10.3. The van der Waals surface area contributed by atoms with E-state index in [1.165, 1.54) is 31.0 Å². The molecule has 0 radical (unpaired) electrons. The molecule has 0 aromatic rings. The molecule has 0 spiro atoms. The van der Waals surface area contributed by atoms with Crippen LogP contribution < -0.4 is 0 Å². The fourth-order valence-corrected chi connectivity index (χ4v) is 1.20. The van der Waals surface area contributed by atoms with Gasteiger partial charge in [-0.05, 0) is 6.42 Å². The van der Waals surface area contributed by atoms with Crippen LogP contribution in [0.1, 0.15) is 33.1 Å². The summed E-state index contributed by atoms with van der Waals surface area (Å²) < 4.78 is 0. The summed E-state index contributed by atoms with van der Waals surface area (Å²) in [4.78, 5) is 10.4. The van der Waals surface area contributed by atoms with E-state index in [9.17, 15) is 4.79 Å². The van der Waals surface area contributed by atoms with Crippen molar-refractivity contribution in [2.45, 2.75) is 33.1 Å². The largest absolute Gasteiger partial charge is 0.288 e. The van der Waals surface area contributed by atoms with Gasteiger partial charge in [0.1, 0.15) is 0 Å². The highest BCUT2D eigenvalue weighted by atomic mass is 32.2. The molecule has 0 saturated heterocycles. The molecule has 0 rings (SSSR count). The molecule has 0 heterocycles. The first-order valence-corrected chi connectivity index (χ1v) is 4.39. The third-order valence-electron chi connectivity index (χ3n) is 1.05. The lowest BCUT2D eigenvalue weighted by Crippen LogP contribution is -1.85. The molecule has 0 amide bonds. The molecule has 0 aliphatic carbocycles. The van der Waals surface area contributed by atoms with Crippen molar-refractivity contribution >= 4 is 16.9 Å². The zero-order valence-corrected chi connectivity index (χ0v) is 6.96. The highest BCUT2D eigenvalue weighted by Crippen LogP contribution is 2.05. The van der Waals surface area contributed by atoms with Gasteiger partial charge in [-0.25, -0.2) is 0 Å². The standard InChI is InChI=1S/C7H14OS/c1-3-4-5-6-9-7(2)8/h3-6H2,1-2H3. The molecule has 1 nitrogen and oxygen atoms in total. The van der Waals surface area contributed by atoms with E-state index in [1.54, 1.807) is 6.92 Å². The lowest BCUT2D eigenvalue weighted by Gasteiger charge is -1.93. The van der Waals surface area contributed by atoms with Gasteiger partial charge in [0, 0.05) is 12.7 Å². The molecule has 0 aromatic heterocycles. The smallest absolute Gasteiger partial charge is 0.185 e. The van der Waals surface area contributed by atoms with Crippen LogP contribution in [0.5, 0.6) is 0 Å². The van der Waals surface area contributed by atoms with E-state index in [1.807, 2.05) is 0 Å². The van der Waals surface area contributed by atoms with Crippen molar-refractivity contribution in [1.29, 1.82) is 0 Å². The summed E-state index contributed by atoms with van der Waals surface area (Å²) in [6.45, 7) is 3.79. The van der Waals surface area contributed by atoms with E-state index >= 15 is 0 Å². The summed E-state index contributed by atoms with van der Waals surface area (Å²) >= 11 is 1.43. The second-order valence-corrected chi connectivity index (χ2v) is 3.32. The van der Waals surface area contributed by atoms with Crippen molar-refractivity contribution in [2.24, 2.45) is 0 Å². The normalized spacial score (nSPS) is 9.56. The van der Waals surface area contributed by atoms with Gasteiger partial charge >= 0.3 is 0 Å². The van der Waals surface area contributed by atoms with E-state index in [-0.39, 0.29) is 5.12 Å². The number of hydrogen-bond donors (Lipinski definition) is 0. The van der Waals surface area contributed by atoms with Gasteiger partial charge < -0.3 is 0 Å². The van der Waals surface area contributed by atoms with Crippen molar-refractivity contribution in [1.82, 2.24) is 0 Å². The Balaban J connectivity index is 2.83. The van der Waals surface area contributed by atoms with Gasteiger partial charge in [0.25, 0.3) is 0 Å². The minimum absolute atomic E-state index is 0.242. The van der Waals surface area contributed by atoms with Gasteiger partial charge in [0.15, 0.2) is 5.12 Å². The number of rotatable bonds is 4. The number of hydrogen-bond acceptors (Lipinski definition) is 2. The highest BCUT2D eigenvalue weighted by Gasteiger charge is 1.91. The minimum Gasteiger partial charge on any atom is -0.288 e. The average molecular weight is 146 g/mol. The molecule has 0 bridgehead atoms. The van der Waals surface area contributed by atoms with Crippen molar-refractivity contribution < 1.29 is 4.79 Å². The zero-order valence-electron chi connectivity index (χ0n) is 6.14. The van der Waals surface area contributed by atoms with Crippen LogP contribution in [0.25, 0.3) is 0 Å². The van der Waals surface area contributed by atoms with E-state index in [4.69, 9.17) is 0 Å². The molecule has 0 fully saturated rings. The van der Waals surface area contributed by atoms with Crippen LogP contribution in [-0.2, 0) is 4.79 Å². The van der Waals surface area contributed by atoms with Gasteiger partial charge in [-0.1, -0.05) is 31.5 Å². The topological polar surface area (TPSA) is 17.1 Å². The van der Waals surface area contributed by atoms with Crippen LogP contribution in [0.3, 0.4) is 0 Å². The van der Waals surface area contributed by atoms with Gasteiger partial charge in [-0.15, -0.1) is 0 Å². The van der Waals surface area contributed by atoms with Gasteiger partial charge in [0.2, 0.25) is 0 Å². The highest BCUT2D eigenvalue weighted by molar-refractivity contribution is 8.13. The van der Waals surface area contributed by atoms with E-state index in [0.29, 0.717) is 0 Å². The van der Waals surface area contributed by atoms with Gasteiger partial charge in [0.05, 0.1) is 0 Å². The van der Waals surface area contributed by atoms with Crippen LogP contribution in [0, 0.1) is 0 Å². The fraction of sp³-hybridized carbons (Fsp3) is 0.857. The third kappa shape index (κ3) is 8.02. The zero-order chi connectivity index (χ0) is 7.11. The molecule has 2 heteroatoms. The van der Waals surface area contributed by atoms with Crippen LogP contribution in [0.2, 0.25) is 0 Å². The predicted molar refractivity (Wildman–Crippen MR) is 42.7 cm³/mol. The van der Waals surface area contributed by atoms with Crippen LogP contribution in [-0.4, -0.2) is 10.9 Å². The number of unbranched alkanes of at least 4 members (excludes halogenated alkanes) is 2. The van der Waals surface area contributed by atoms with Crippen molar-refractivity contribution in [3.8, 4) is 0 Å². The van der Waals surface area contributed by atoms with Crippen LogP contribution in [0.4, 0.5) is 0 Å². The van der Waals surface area contributed by atoms with Gasteiger partial charge in [-0.3, -0.25) is 4.79 Å². The molecule has 0 aliphatic heterocycles. The molecule has 0 unspecified atom stereocenters. The summed E-state index contributed by atoms with van der Waals surface area (Å²) in [6.07, 6.45) is 3.67. The van der Waals surface area contributed by atoms with Crippen LogP contribution in [0.15, 0.2) is 0 Å². The maximum absolute atomic E-state index is 10.4. The SMILES string of the molecule is CCCCCSC(C)=O. The van der Waals surface area contributed by atoms with Crippen molar-refractivity contribution in [3.63, 3.8) is 0 Å². The maximum atomic E-state index is 10.4. The van der Waals surface area contributed by atoms with E-state index in [2.05, 4.69) is 6.92 Å². The summed E-state index contributed by atoms with van der Waals surface area (Å²) in [7, 11) is 0. The monoisotopic (exact) mass is 146 g/mol. The first-order chi connectivity index (χ1) is 4.27. The maximum Gasteiger partial charge on any atom is 0.185 e. The molecule has 0 aliphatic rings. The van der Waals surface area contributed by atoms with E-state index < -0.39 is 0 Å². The van der Waals surface area contributed by atoms with Gasteiger partial charge in [-0.2, -0.15) is 0 Å². The van der Waals surface area contributed by atoms with Crippen molar-refractivity contribution in [2.75, 3.05) is 5.75 Å². The molecule has 0 saturated carbocycles. The molecular weight excluding hydrogens is 132 g/mol. The van der Waals surface area contributed by atoms with E-state index in [0.717, 1.165) is 5.75 Å². The molecular formula is C7H14OS. The van der Waals surface area contributed by atoms with Crippen LogP contribution >= 0.6 is 11.8 Å². The first kappa shape index (κ1) is 9.02. The number of carbonyl (C=O) groups is 1. The number of carbonyl (C=O) groups excluding carboxylic acids is 1. The average Bonchev–Trinajstić information content (AvgIpc) is 1.80. The summed E-state index contributed by atoms with van der Waals surface area (Å²) in [6, 6.07) is 0. The lowest BCUT2D eigenvalue weighted by molar-refractivity contribution is -0.109. The summed E-state index contributed by atoms with van der Waals surface area (Å²) in [5, 5.41) is 0.242. The Morgan fingerprint density at radius 3 is 2.56 bits per heavy atom. The Morgan fingerprint density at radius 1 is 1.44 bits per heavy atom. The third-order valence-corrected chi connectivity index (χ3v) is 1.95.